The maximum Gasteiger partial charge on any atom is 0.170 e. The van der Waals surface area contributed by atoms with Crippen molar-refractivity contribution in [2.75, 3.05) is 0 Å². The van der Waals surface area contributed by atoms with Crippen molar-refractivity contribution in [2.45, 2.75) is 6.42 Å². The molecule has 0 aliphatic carbocycles. The number of Topliss-reactive ketones (excluding diaryl/α,β-unsaturated/α-hetero) is 1. The topological polar surface area (TPSA) is 30.0 Å². The van der Waals surface area contributed by atoms with Gasteiger partial charge in [-0.25, -0.2) is 4.98 Å². The average molecular weight is 367 g/mol. The lowest BCUT2D eigenvalue weighted by Crippen LogP contribution is -2.04. The smallest absolute Gasteiger partial charge is 0.170 e. The second kappa shape index (κ2) is 5.64. The Kier molecular flexibility index (Phi) is 3.87. The molecule has 0 N–H and O–H groups in total. The van der Waals surface area contributed by atoms with Crippen LogP contribution in [0.5, 0.6) is 0 Å². The normalized spacial score (nSPS) is 10.9. The van der Waals surface area contributed by atoms with Crippen molar-refractivity contribution in [3.63, 3.8) is 0 Å². The third-order valence-corrected chi connectivity index (χ3v) is 4.84. The first-order chi connectivity index (χ1) is 9.63. The number of carbonyl (C=O) groups excluding carboxylic acids is 1. The van der Waals surface area contributed by atoms with Crippen LogP contribution in [0.4, 0.5) is 0 Å². The van der Waals surface area contributed by atoms with E-state index in [9.17, 15) is 4.79 Å². The molecule has 0 spiro atoms. The number of fused-ring (bicyclic) bond motifs is 1. The zero-order valence-corrected chi connectivity index (χ0v) is 13.4. The van der Waals surface area contributed by atoms with Crippen molar-refractivity contribution in [3.8, 4) is 0 Å². The van der Waals surface area contributed by atoms with Crippen LogP contribution in [0.25, 0.3) is 10.2 Å². The fraction of sp³-hybridized carbons (Fsp3) is 0.0667. The van der Waals surface area contributed by atoms with Gasteiger partial charge >= 0.3 is 0 Å². The fourth-order valence-electron chi connectivity index (χ4n) is 1.94. The third-order valence-electron chi connectivity index (χ3n) is 2.88. The second-order valence-corrected chi connectivity index (χ2v) is 6.71. The number of benzene rings is 2. The summed E-state index contributed by atoms with van der Waals surface area (Å²) in [5.41, 5.74) is 1.53. The summed E-state index contributed by atoms with van der Waals surface area (Å²) < 4.78 is 1.86. The highest BCUT2D eigenvalue weighted by molar-refractivity contribution is 9.10. The van der Waals surface area contributed by atoms with E-state index in [0.29, 0.717) is 10.6 Å². The first-order valence-corrected chi connectivity index (χ1v) is 7.95. The van der Waals surface area contributed by atoms with Gasteiger partial charge in [-0.15, -0.1) is 11.3 Å². The van der Waals surface area contributed by atoms with Crippen LogP contribution in [0.2, 0.25) is 5.02 Å². The zero-order valence-electron chi connectivity index (χ0n) is 10.3. The number of hydrogen-bond donors (Lipinski definition) is 0. The molecule has 0 atom stereocenters. The third kappa shape index (κ3) is 2.77. The molecule has 1 aromatic heterocycles. The van der Waals surface area contributed by atoms with Crippen LogP contribution >= 0.6 is 38.9 Å². The Morgan fingerprint density at radius 2 is 2.05 bits per heavy atom. The van der Waals surface area contributed by atoms with Gasteiger partial charge in [0, 0.05) is 15.1 Å². The molecule has 0 radical (unpaired) electrons. The van der Waals surface area contributed by atoms with Gasteiger partial charge in [0.05, 0.1) is 16.6 Å². The lowest BCUT2D eigenvalue weighted by Gasteiger charge is -2.02. The van der Waals surface area contributed by atoms with Crippen molar-refractivity contribution in [1.82, 2.24) is 4.98 Å². The molecule has 2 nitrogen and oxygen atoms in total. The van der Waals surface area contributed by atoms with E-state index in [0.717, 1.165) is 19.7 Å². The Hall–Kier alpha value is -1.23. The molecule has 0 aliphatic rings. The van der Waals surface area contributed by atoms with Gasteiger partial charge in [0.1, 0.15) is 5.01 Å². The largest absolute Gasteiger partial charge is 0.294 e. The number of hydrogen-bond acceptors (Lipinski definition) is 3. The minimum atomic E-state index is 0.0124. The SMILES string of the molecule is O=C(Cc1nc2ccccc2s1)c1cc(Cl)ccc1Br. The number of nitrogens with zero attached hydrogens (tertiary/aromatic N) is 1. The molecule has 0 fully saturated rings. The molecule has 20 heavy (non-hydrogen) atoms. The van der Waals surface area contributed by atoms with Gasteiger partial charge in [0.15, 0.2) is 5.78 Å². The standard InChI is InChI=1S/C15H9BrClNOS/c16-11-6-5-9(17)7-10(11)13(19)8-15-18-12-3-1-2-4-14(12)20-15/h1-7H,8H2. The van der Waals surface area contributed by atoms with E-state index in [2.05, 4.69) is 20.9 Å². The summed E-state index contributed by atoms with van der Waals surface area (Å²) in [5, 5.41) is 1.38. The summed E-state index contributed by atoms with van der Waals surface area (Å²) in [7, 11) is 0. The highest BCUT2D eigenvalue weighted by Gasteiger charge is 2.14. The van der Waals surface area contributed by atoms with Gasteiger partial charge in [-0.05, 0) is 30.3 Å². The Labute approximate surface area is 133 Å². The lowest BCUT2D eigenvalue weighted by atomic mass is 10.1. The van der Waals surface area contributed by atoms with Gasteiger partial charge in [0.25, 0.3) is 0 Å². The fourth-order valence-corrected chi connectivity index (χ4v) is 3.55. The molecule has 0 saturated carbocycles. The number of ketones is 1. The molecule has 0 unspecified atom stereocenters. The van der Waals surface area contributed by atoms with E-state index >= 15 is 0 Å². The predicted molar refractivity (Wildman–Crippen MR) is 86.8 cm³/mol. The lowest BCUT2D eigenvalue weighted by molar-refractivity contribution is 0.0992. The number of carbonyl (C=O) groups is 1. The predicted octanol–water partition coefficient (Wildman–Crippen LogP) is 5.14. The number of rotatable bonds is 3. The number of thiazole rings is 1. The quantitative estimate of drug-likeness (QED) is 0.601. The van der Waals surface area contributed by atoms with Crippen molar-refractivity contribution in [2.24, 2.45) is 0 Å². The first kappa shape index (κ1) is 13.7. The van der Waals surface area contributed by atoms with Gasteiger partial charge in [-0.3, -0.25) is 4.79 Å². The van der Waals surface area contributed by atoms with Crippen LogP contribution < -0.4 is 0 Å². The molecule has 0 bridgehead atoms. The molecular weight excluding hydrogens is 358 g/mol. The molecule has 0 aliphatic heterocycles. The highest BCUT2D eigenvalue weighted by Crippen LogP contribution is 2.26. The molecule has 3 rings (SSSR count). The molecule has 3 aromatic rings. The molecule has 1 heterocycles. The summed E-state index contributed by atoms with van der Waals surface area (Å²) >= 11 is 10.9. The van der Waals surface area contributed by atoms with Crippen LogP contribution in [-0.4, -0.2) is 10.8 Å². The van der Waals surface area contributed by atoms with E-state index in [-0.39, 0.29) is 12.2 Å². The molecule has 100 valence electrons. The van der Waals surface area contributed by atoms with Gasteiger partial charge in [-0.1, -0.05) is 39.7 Å². The summed E-state index contributed by atoms with van der Waals surface area (Å²) in [6, 6.07) is 13.1. The Bertz CT molecular complexity index is 766. The van der Waals surface area contributed by atoms with Crippen molar-refractivity contribution in [1.29, 1.82) is 0 Å². The van der Waals surface area contributed by atoms with Crippen molar-refractivity contribution >= 4 is 54.9 Å². The van der Waals surface area contributed by atoms with Gasteiger partial charge in [-0.2, -0.15) is 0 Å². The average Bonchev–Trinajstić information content (AvgIpc) is 2.83. The summed E-state index contributed by atoms with van der Waals surface area (Å²) in [6.45, 7) is 0. The molecule has 0 saturated heterocycles. The molecule has 0 amide bonds. The highest BCUT2D eigenvalue weighted by atomic mass is 79.9. The summed E-state index contributed by atoms with van der Waals surface area (Å²) in [5.74, 6) is 0.0124. The number of aromatic nitrogens is 1. The summed E-state index contributed by atoms with van der Waals surface area (Å²) in [6.07, 6.45) is 0.290. The first-order valence-electron chi connectivity index (χ1n) is 5.96. The van der Waals surface area contributed by atoms with Crippen molar-refractivity contribution in [3.05, 3.63) is 62.5 Å². The molecule has 5 heteroatoms. The molecular formula is C15H9BrClNOS. The Morgan fingerprint density at radius 3 is 2.85 bits per heavy atom. The van der Waals surface area contributed by atoms with Gasteiger partial charge < -0.3 is 0 Å². The van der Waals surface area contributed by atoms with Crippen molar-refractivity contribution < 1.29 is 4.79 Å². The van der Waals surface area contributed by atoms with Crippen LogP contribution in [0.3, 0.4) is 0 Å². The number of para-hydroxylation sites is 1. The van der Waals surface area contributed by atoms with Crippen LogP contribution in [0.15, 0.2) is 46.9 Å². The van der Waals surface area contributed by atoms with E-state index < -0.39 is 0 Å². The van der Waals surface area contributed by atoms with E-state index in [1.165, 1.54) is 0 Å². The van der Waals surface area contributed by atoms with Crippen LogP contribution in [-0.2, 0) is 6.42 Å². The maximum atomic E-state index is 12.3. The van der Waals surface area contributed by atoms with Crippen LogP contribution in [0, 0.1) is 0 Å². The van der Waals surface area contributed by atoms with Crippen LogP contribution in [0.1, 0.15) is 15.4 Å². The molecule has 2 aromatic carbocycles. The Morgan fingerprint density at radius 1 is 1.25 bits per heavy atom. The monoisotopic (exact) mass is 365 g/mol. The minimum absolute atomic E-state index is 0.0124. The minimum Gasteiger partial charge on any atom is -0.294 e. The maximum absolute atomic E-state index is 12.3. The second-order valence-electron chi connectivity index (χ2n) is 4.30. The van der Waals surface area contributed by atoms with E-state index in [4.69, 9.17) is 11.6 Å². The van der Waals surface area contributed by atoms with E-state index in [1.807, 2.05) is 24.3 Å². The Balaban J connectivity index is 1.90. The van der Waals surface area contributed by atoms with E-state index in [1.54, 1.807) is 29.5 Å². The number of halogens is 2. The zero-order chi connectivity index (χ0) is 14.1. The summed E-state index contributed by atoms with van der Waals surface area (Å²) in [4.78, 5) is 16.8. The van der Waals surface area contributed by atoms with Gasteiger partial charge in [0.2, 0.25) is 0 Å².